The SMILES string of the molecule is CNC(=O)C(=NOC)c1ccccc1C(ON)=C(C)C1CC1(C)c1ccc(F)cc1. The van der Waals surface area contributed by atoms with Crippen LogP contribution in [0.5, 0.6) is 0 Å². The highest BCUT2D eigenvalue weighted by atomic mass is 19.1. The van der Waals surface area contributed by atoms with Crippen LogP contribution in [-0.4, -0.2) is 25.8 Å². The number of rotatable bonds is 7. The molecule has 3 N–H and O–H groups in total. The molecule has 2 aromatic carbocycles. The second kappa shape index (κ2) is 8.67. The van der Waals surface area contributed by atoms with E-state index in [1.165, 1.54) is 26.3 Å². The van der Waals surface area contributed by atoms with E-state index in [1.807, 2.05) is 31.2 Å². The van der Waals surface area contributed by atoms with Gasteiger partial charge in [-0.25, -0.2) is 4.39 Å². The normalized spacial score (nSPS) is 21.5. The van der Waals surface area contributed by atoms with Gasteiger partial charge in [0.25, 0.3) is 5.91 Å². The van der Waals surface area contributed by atoms with Gasteiger partial charge in [-0.3, -0.25) is 4.79 Å². The Balaban J connectivity index is 2.04. The number of hydrogen-bond donors (Lipinski definition) is 2. The Kier molecular flexibility index (Phi) is 6.22. The number of carbonyl (C=O) groups excluding carboxylic acids is 1. The maximum absolute atomic E-state index is 13.3. The largest absolute Gasteiger partial charge is 0.411 e. The van der Waals surface area contributed by atoms with Gasteiger partial charge in [0.2, 0.25) is 0 Å². The van der Waals surface area contributed by atoms with Crippen molar-refractivity contribution in [2.24, 2.45) is 17.0 Å². The summed E-state index contributed by atoms with van der Waals surface area (Å²) in [6, 6.07) is 13.8. The molecule has 3 rings (SSSR count). The first-order valence-corrected chi connectivity index (χ1v) is 9.64. The van der Waals surface area contributed by atoms with Gasteiger partial charge in [0.15, 0.2) is 11.5 Å². The number of nitrogens with two attached hydrogens (primary N) is 1. The highest BCUT2D eigenvalue weighted by molar-refractivity contribution is 6.45. The summed E-state index contributed by atoms with van der Waals surface area (Å²) >= 11 is 0. The molecule has 2 unspecified atom stereocenters. The van der Waals surface area contributed by atoms with Crippen LogP contribution in [0.1, 0.15) is 37.0 Å². The lowest BCUT2D eigenvalue weighted by Gasteiger charge is -2.17. The van der Waals surface area contributed by atoms with Crippen LogP contribution < -0.4 is 11.2 Å². The summed E-state index contributed by atoms with van der Waals surface area (Å²) < 4.78 is 13.3. The van der Waals surface area contributed by atoms with E-state index in [0.717, 1.165) is 17.6 Å². The molecule has 0 aromatic heterocycles. The Morgan fingerprint density at radius 3 is 2.40 bits per heavy atom. The summed E-state index contributed by atoms with van der Waals surface area (Å²) in [6.45, 7) is 4.10. The predicted octanol–water partition coefficient (Wildman–Crippen LogP) is 3.52. The first kappa shape index (κ1) is 21.5. The third kappa shape index (κ3) is 3.93. The van der Waals surface area contributed by atoms with Gasteiger partial charge in [-0.05, 0) is 47.9 Å². The number of likely N-dealkylation sites (N-methyl/N-ethyl adjacent to an activating group) is 1. The van der Waals surface area contributed by atoms with Crippen molar-refractivity contribution in [1.29, 1.82) is 0 Å². The third-order valence-electron chi connectivity index (χ3n) is 5.79. The zero-order chi connectivity index (χ0) is 21.9. The van der Waals surface area contributed by atoms with E-state index in [9.17, 15) is 9.18 Å². The van der Waals surface area contributed by atoms with Crippen LogP contribution in [0.25, 0.3) is 5.76 Å². The highest BCUT2D eigenvalue weighted by Crippen LogP contribution is 2.58. The molecule has 1 saturated carbocycles. The monoisotopic (exact) mass is 411 g/mol. The van der Waals surface area contributed by atoms with E-state index in [1.54, 1.807) is 12.1 Å². The lowest BCUT2D eigenvalue weighted by molar-refractivity contribution is -0.114. The van der Waals surface area contributed by atoms with Gasteiger partial charge < -0.3 is 15.0 Å². The molecule has 1 amide bonds. The minimum absolute atomic E-state index is 0.120. The summed E-state index contributed by atoms with van der Waals surface area (Å²) in [5.74, 6) is 5.69. The molecule has 0 aliphatic heterocycles. The third-order valence-corrected chi connectivity index (χ3v) is 5.79. The van der Waals surface area contributed by atoms with Gasteiger partial charge in [-0.15, -0.1) is 0 Å². The molecule has 0 bridgehead atoms. The van der Waals surface area contributed by atoms with E-state index < -0.39 is 0 Å². The van der Waals surface area contributed by atoms with Crippen LogP contribution in [0, 0.1) is 11.7 Å². The van der Waals surface area contributed by atoms with E-state index in [2.05, 4.69) is 17.4 Å². The molecule has 6 nitrogen and oxygen atoms in total. The fraction of sp³-hybridized carbons (Fsp3) is 0.304. The van der Waals surface area contributed by atoms with Gasteiger partial charge in [0.05, 0.1) is 0 Å². The first-order chi connectivity index (χ1) is 14.4. The van der Waals surface area contributed by atoms with Gasteiger partial charge in [0, 0.05) is 18.2 Å². The number of allylic oxidation sites excluding steroid dienone is 1. The molecule has 2 atom stereocenters. The molecular formula is C23H26FN3O3. The molecule has 0 spiro atoms. The molecule has 0 heterocycles. The van der Waals surface area contributed by atoms with Crippen LogP contribution in [0.4, 0.5) is 4.39 Å². The van der Waals surface area contributed by atoms with Gasteiger partial charge >= 0.3 is 0 Å². The Morgan fingerprint density at radius 2 is 1.83 bits per heavy atom. The fourth-order valence-electron chi connectivity index (χ4n) is 3.98. The Morgan fingerprint density at radius 1 is 1.20 bits per heavy atom. The molecule has 7 heteroatoms. The van der Waals surface area contributed by atoms with Crippen molar-refractivity contribution in [2.75, 3.05) is 14.2 Å². The smallest absolute Gasteiger partial charge is 0.273 e. The number of benzene rings is 2. The minimum atomic E-state index is -0.388. The molecule has 2 aromatic rings. The van der Waals surface area contributed by atoms with Crippen LogP contribution in [0.2, 0.25) is 0 Å². The van der Waals surface area contributed by atoms with Crippen molar-refractivity contribution in [3.8, 4) is 0 Å². The van der Waals surface area contributed by atoms with Gasteiger partial charge in [0.1, 0.15) is 12.9 Å². The van der Waals surface area contributed by atoms with Gasteiger partial charge in [-0.2, -0.15) is 5.90 Å². The molecule has 0 radical (unpaired) electrons. The molecule has 30 heavy (non-hydrogen) atoms. The number of nitrogens with one attached hydrogen (secondary N) is 1. The fourth-order valence-corrected chi connectivity index (χ4v) is 3.98. The Labute approximate surface area is 175 Å². The summed E-state index contributed by atoms with van der Waals surface area (Å²) in [5.41, 5.74) is 3.18. The maximum atomic E-state index is 13.3. The summed E-state index contributed by atoms with van der Waals surface area (Å²) in [4.78, 5) is 22.6. The number of nitrogens with zero attached hydrogens (tertiary/aromatic N) is 1. The number of amides is 1. The van der Waals surface area contributed by atoms with Crippen molar-refractivity contribution in [3.05, 3.63) is 76.6 Å². The molecule has 1 aliphatic carbocycles. The van der Waals surface area contributed by atoms with Crippen molar-refractivity contribution in [2.45, 2.75) is 25.7 Å². The van der Waals surface area contributed by atoms with E-state index in [0.29, 0.717) is 16.9 Å². The van der Waals surface area contributed by atoms with E-state index in [-0.39, 0.29) is 28.8 Å². The molecule has 1 aliphatic rings. The topological polar surface area (TPSA) is 85.9 Å². The molecular weight excluding hydrogens is 385 g/mol. The number of carbonyl (C=O) groups is 1. The molecule has 158 valence electrons. The standard InChI is InChI=1S/C23H26FN3O3/c1-14(19-13-23(19,2)15-9-11-16(24)12-10-15)21(30-25)18-8-6-5-7-17(18)20(27-29-4)22(28)26-3/h5-12,19H,13,25H2,1-4H3,(H,26,28). The maximum Gasteiger partial charge on any atom is 0.273 e. The zero-order valence-corrected chi connectivity index (χ0v) is 17.5. The average molecular weight is 411 g/mol. The predicted molar refractivity (Wildman–Crippen MR) is 114 cm³/mol. The lowest BCUT2D eigenvalue weighted by Crippen LogP contribution is -2.29. The quantitative estimate of drug-likeness (QED) is 0.415. The Hall–Kier alpha value is -3.19. The molecule has 0 saturated heterocycles. The van der Waals surface area contributed by atoms with Crippen LogP contribution in [-0.2, 0) is 19.9 Å². The number of oxime groups is 1. The summed E-state index contributed by atoms with van der Waals surface area (Å²) in [7, 11) is 2.90. The summed E-state index contributed by atoms with van der Waals surface area (Å²) in [6.07, 6.45) is 0.883. The van der Waals surface area contributed by atoms with Crippen LogP contribution in [0.3, 0.4) is 0 Å². The van der Waals surface area contributed by atoms with Crippen LogP contribution >= 0.6 is 0 Å². The number of hydrogen-bond acceptors (Lipinski definition) is 5. The first-order valence-electron chi connectivity index (χ1n) is 9.64. The Bertz CT molecular complexity index is 1000. The van der Waals surface area contributed by atoms with E-state index in [4.69, 9.17) is 15.6 Å². The summed E-state index contributed by atoms with van der Waals surface area (Å²) in [5, 5.41) is 6.46. The second-order valence-corrected chi connectivity index (χ2v) is 7.56. The van der Waals surface area contributed by atoms with Crippen molar-refractivity contribution >= 4 is 17.4 Å². The second-order valence-electron chi connectivity index (χ2n) is 7.56. The number of halogens is 1. The average Bonchev–Trinajstić information content (AvgIpc) is 3.45. The lowest BCUT2D eigenvalue weighted by atomic mass is 9.91. The van der Waals surface area contributed by atoms with Crippen molar-refractivity contribution in [3.63, 3.8) is 0 Å². The zero-order valence-electron chi connectivity index (χ0n) is 17.5. The van der Waals surface area contributed by atoms with Gasteiger partial charge in [-0.1, -0.05) is 48.5 Å². The van der Waals surface area contributed by atoms with E-state index >= 15 is 0 Å². The van der Waals surface area contributed by atoms with Crippen LogP contribution in [0.15, 0.2) is 59.3 Å². The molecule has 1 fully saturated rings. The minimum Gasteiger partial charge on any atom is -0.411 e. The van der Waals surface area contributed by atoms with Crippen molar-refractivity contribution in [1.82, 2.24) is 5.32 Å². The highest BCUT2D eigenvalue weighted by Gasteiger charge is 2.53. The van der Waals surface area contributed by atoms with Crippen molar-refractivity contribution < 1.29 is 18.9 Å².